The molecule has 4 fully saturated rings. The topological polar surface area (TPSA) is 0 Å². The van der Waals surface area contributed by atoms with E-state index in [1.165, 1.54) is 66.3 Å². The fraction of sp³-hybridized carbons (Fsp3) is 0.293. The Kier molecular flexibility index (Phi) is 8.37. The zero-order valence-corrected chi connectivity index (χ0v) is 29.3. The van der Waals surface area contributed by atoms with Gasteiger partial charge in [-0.15, -0.1) is 24.8 Å². The van der Waals surface area contributed by atoms with Crippen molar-refractivity contribution in [1.29, 1.82) is 0 Å². The predicted molar refractivity (Wildman–Crippen MR) is 186 cm³/mol. The summed E-state index contributed by atoms with van der Waals surface area (Å²) in [4.78, 5) is 0. The van der Waals surface area contributed by atoms with Crippen molar-refractivity contribution in [2.45, 2.75) is 51.4 Å². The molecule has 4 bridgehead atoms. The van der Waals surface area contributed by atoms with Crippen LogP contribution in [0.3, 0.4) is 0 Å². The molecule has 4 saturated carbocycles. The Bertz CT molecular complexity index is 1720. The van der Waals surface area contributed by atoms with Crippen LogP contribution in [0, 0.1) is 23.2 Å². The molecule has 3 heteroatoms. The van der Waals surface area contributed by atoms with Crippen LogP contribution in [-0.2, 0) is 27.7 Å². The molecule has 0 atom stereocenters. The van der Waals surface area contributed by atoms with Crippen LogP contribution < -0.4 is 3.27 Å². The number of hydrogen-bond donors (Lipinski definition) is 0. The normalized spacial score (nSPS) is 25.2. The van der Waals surface area contributed by atoms with Gasteiger partial charge in [0, 0.05) is 0 Å². The number of halogens is 2. The third kappa shape index (κ3) is 4.94. The Balaban J connectivity index is 0.00000156. The van der Waals surface area contributed by atoms with E-state index in [9.17, 15) is 0 Å². The fourth-order valence-electron chi connectivity index (χ4n) is 10.2. The molecule has 0 saturated heterocycles. The van der Waals surface area contributed by atoms with Crippen molar-refractivity contribution in [2.24, 2.45) is 23.2 Å². The summed E-state index contributed by atoms with van der Waals surface area (Å²) >= 11 is -2.71. The van der Waals surface area contributed by atoms with Crippen molar-refractivity contribution in [3.05, 3.63) is 146 Å². The minimum Gasteiger partial charge on any atom is -0.147 e. The van der Waals surface area contributed by atoms with Crippen LogP contribution in [0.15, 0.2) is 124 Å². The summed E-state index contributed by atoms with van der Waals surface area (Å²) in [7, 11) is 0. The first-order valence-corrected chi connectivity index (χ1v) is 19.9. The van der Waals surface area contributed by atoms with Gasteiger partial charge < -0.3 is 0 Å². The Morgan fingerprint density at radius 1 is 0.614 bits per heavy atom. The molecule has 6 aliphatic rings. The van der Waals surface area contributed by atoms with Gasteiger partial charge in [0.2, 0.25) is 0 Å². The van der Waals surface area contributed by atoms with E-state index in [0.717, 1.165) is 30.6 Å². The molecule has 0 aromatic heterocycles. The molecule has 0 aliphatic heterocycles. The first kappa shape index (κ1) is 30.4. The van der Waals surface area contributed by atoms with Gasteiger partial charge in [-0.1, -0.05) is 0 Å². The molecule has 0 radical (unpaired) electrons. The molecule has 6 aliphatic carbocycles. The maximum absolute atomic E-state index is 2.71. The van der Waals surface area contributed by atoms with Crippen LogP contribution in [0.2, 0.25) is 0 Å². The average Bonchev–Trinajstić information content (AvgIpc) is 3.66. The second-order valence-corrected chi connectivity index (χ2v) is 19.7. The standard InChI is InChI=1S/C15H19.C13H9.C13H10.2ClH.Zr/c1-2-4-14(3-1)15-8-11-5-12(9-15)7-13(6-11)10-15;1-3-7-12-10(5-1)9-11-6-2-4-8-13(11)12;1-3-7-12(8-4-1)11-13-9-5-2-6-10-13;;;/h1,3,11-13H,2,5-10H2;1-5,7-8H,9H2;1-10H;2*1H;. The summed E-state index contributed by atoms with van der Waals surface area (Å²) in [6.07, 6.45) is 16.3. The summed E-state index contributed by atoms with van der Waals surface area (Å²) in [6.45, 7) is 0. The van der Waals surface area contributed by atoms with Gasteiger partial charge in [-0.3, -0.25) is 0 Å². The minimum atomic E-state index is -2.71. The van der Waals surface area contributed by atoms with Crippen molar-refractivity contribution >= 4 is 31.3 Å². The minimum absolute atomic E-state index is 0. The van der Waals surface area contributed by atoms with Crippen molar-refractivity contribution < 1.29 is 21.3 Å². The molecule has 10 rings (SSSR count). The molecule has 0 nitrogen and oxygen atoms in total. The van der Waals surface area contributed by atoms with E-state index in [1.807, 2.05) is 8.85 Å². The maximum atomic E-state index is 2.65. The second-order valence-electron chi connectivity index (χ2n) is 13.8. The summed E-state index contributed by atoms with van der Waals surface area (Å²) in [5, 5.41) is 0. The largest absolute Gasteiger partial charge is 0.147 e. The number of hydrogen-bond acceptors (Lipinski definition) is 0. The zero-order chi connectivity index (χ0) is 27.7. The molecule has 0 unspecified atom stereocenters. The fourth-order valence-corrected chi connectivity index (χ4v) is 18.9. The Hall–Kier alpha value is -2.31. The molecule has 4 aromatic rings. The van der Waals surface area contributed by atoms with Gasteiger partial charge in [0.25, 0.3) is 0 Å². The van der Waals surface area contributed by atoms with E-state index in [1.54, 1.807) is 12.0 Å². The summed E-state index contributed by atoms with van der Waals surface area (Å²) in [5.41, 5.74) is 11.2. The molecule has 0 heterocycles. The summed E-state index contributed by atoms with van der Waals surface area (Å²) in [6, 6.07) is 39.5. The van der Waals surface area contributed by atoms with Gasteiger partial charge in [0.1, 0.15) is 0 Å². The smallest absolute Gasteiger partial charge is 0.147 e. The van der Waals surface area contributed by atoms with Gasteiger partial charge in [-0.25, -0.2) is 0 Å². The first-order valence-electron chi connectivity index (χ1n) is 16.2. The summed E-state index contributed by atoms with van der Waals surface area (Å²) < 4.78 is 5.27. The monoisotopic (exact) mass is 692 g/mol. The Morgan fingerprint density at radius 2 is 1.18 bits per heavy atom. The third-order valence-corrected chi connectivity index (χ3v) is 19.1. The van der Waals surface area contributed by atoms with Crippen LogP contribution in [0.4, 0.5) is 0 Å². The molecular formula is C41H40Cl2Zr. The van der Waals surface area contributed by atoms with E-state index in [4.69, 9.17) is 0 Å². The van der Waals surface area contributed by atoms with Crippen LogP contribution >= 0.6 is 24.8 Å². The van der Waals surface area contributed by atoms with Crippen LogP contribution in [0.25, 0.3) is 11.1 Å². The van der Waals surface area contributed by atoms with Crippen molar-refractivity contribution in [1.82, 2.24) is 0 Å². The van der Waals surface area contributed by atoms with Gasteiger partial charge in [-0.2, -0.15) is 0 Å². The van der Waals surface area contributed by atoms with Gasteiger partial charge in [0.05, 0.1) is 0 Å². The van der Waals surface area contributed by atoms with E-state index >= 15 is 0 Å². The van der Waals surface area contributed by atoms with Crippen molar-refractivity contribution in [3.8, 4) is 11.1 Å². The van der Waals surface area contributed by atoms with Crippen LogP contribution in [0.5, 0.6) is 0 Å². The summed E-state index contributed by atoms with van der Waals surface area (Å²) in [5.74, 6) is 2.90. The molecule has 0 spiro atoms. The molecule has 0 amide bonds. The number of allylic oxidation sites excluding steroid dienone is 4. The number of rotatable bonds is 5. The first-order chi connectivity index (χ1) is 20.8. The SMILES string of the molecule is C1=CC(C23CC4CC(CC(C4)C2)C3)=[C]([Zr](=[C](c2ccccc2)c2ccccc2)[c]2cccc3c2Cc2ccccc2-3)C1.Cl.Cl. The molecule has 4 aromatic carbocycles. The van der Waals surface area contributed by atoms with E-state index in [-0.39, 0.29) is 24.8 Å². The van der Waals surface area contributed by atoms with E-state index < -0.39 is 21.3 Å². The molecule has 0 N–H and O–H groups in total. The number of fused-ring (bicyclic) bond motifs is 3. The van der Waals surface area contributed by atoms with E-state index in [0.29, 0.717) is 5.41 Å². The van der Waals surface area contributed by atoms with Gasteiger partial charge in [0.15, 0.2) is 0 Å². The Morgan fingerprint density at radius 3 is 1.82 bits per heavy atom. The third-order valence-electron chi connectivity index (χ3n) is 11.3. The zero-order valence-electron chi connectivity index (χ0n) is 25.2. The van der Waals surface area contributed by atoms with E-state index in [2.05, 4.69) is 115 Å². The van der Waals surface area contributed by atoms with Crippen molar-refractivity contribution in [3.63, 3.8) is 0 Å². The molecule has 222 valence electrons. The molecule has 44 heavy (non-hydrogen) atoms. The van der Waals surface area contributed by atoms with Crippen LogP contribution in [-0.4, -0.2) is 3.21 Å². The van der Waals surface area contributed by atoms with Crippen LogP contribution in [0.1, 0.15) is 67.2 Å². The van der Waals surface area contributed by atoms with Crippen molar-refractivity contribution in [2.75, 3.05) is 0 Å². The number of benzene rings is 4. The maximum Gasteiger partial charge on any atom is -0.147 e. The predicted octanol–water partition coefficient (Wildman–Crippen LogP) is 10.0. The quantitative estimate of drug-likeness (QED) is 0.172. The average molecular weight is 695 g/mol. The Labute approximate surface area is 282 Å². The van der Waals surface area contributed by atoms with Gasteiger partial charge in [-0.05, 0) is 0 Å². The van der Waals surface area contributed by atoms with Gasteiger partial charge >= 0.3 is 260 Å². The molecular weight excluding hydrogens is 655 g/mol. The second kappa shape index (κ2) is 12.1.